The molecule has 0 heterocycles. The molecule has 106 valence electrons. The van der Waals surface area contributed by atoms with Crippen molar-refractivity contribution in [1.29, 1.82) is 0 Å². The monoisotopic (exact) mass is 257 g/mol. The van der Waals surface area contributed by atoms with Gasteiger partial charge in [0.2, 0.25) is 11.8 Å². The van der Waals surface area contributed by atoms with Crippen LogP contribution in [0.25, 0.3) is 0 Å². The Morgan fingerprint density at radius 3 is 2.06 bits per heavy atom. The summed E-state index contributed by atoms with van der Waals surface area (Å²) >= 11 is 0. The standard InChI is InChI=1S/C13H27N3O2/c1-12(2,3)9(14)7-10(17)16-8-13(4,5)11(18)15-6/h9H,7-8,14H2,1-6H3,(H,15,18)(H,16,17). The van der Waals surface area contributed by atoms with E-state index >= 15 is 0 Å². The average Bonchev–Trinajstić information content (AvgIpc) is 2.24. The first kappa shape index (κ1) is 16.9. The highest BCUT2D eigenvalue weighted by Gasteiger charge is 2.28. The summed E-state index contributed by atoms with van der Waals surface area (Å²) < 4.78 is 0. The first-order valence-corrected chi connectivity index (χ1v) is 6.25. The molecule has 4 N–H and O–H groups in total. The number of nitrogens with two attached hydrogens (primary N) is 1. The molecule has 2 amide bonds. The minimum atomic E-state index is -0.615. The molecule has 0 aromatic carbocycles. The molecule has 0 saturated heterocycles. The number of hydrogen-bond donors (Lipinski definition) is 3. The van der Waals surface area contributed by atoms with E-state index in [2.05, 4.69) is 10.6 Å². The van der Waals surface area contributed by atoms with Crippen LogP contribution in [-0.4, -0.2) is 31.4 Å². The van der Waals surface area contributed by atoms with Gasteiger partial charge in [0.05, 0.1) is 5.41 Å². The van der Waals surface area contributed by atoms with Crippen LogP contribution in [0.3, 0.4) is 0 Å². The minimum absolute atomic E-state index is 0.0945. The fraction of sp³-hybridized carbons (Fsp3) is 0.846. The SMILES string of the molecule is CNC(=O)C(C)(C)CNC(=O)CC(N)C(C)(C)C. The lowest BCUT2D eigenvalue weighted by molar-refractivity contribution is -0.129. The van der Waals surface area contributed by atoms with Gasteiger partial charge in [0.1, 0.15) is 0 Å². The van der Waals surface area contributed by atoms with Crippen LogP contribution >= 0.6 is 0 Å². The molecule has 5 heteroatoms. The molecule has 0 spiro atoms. The van der Waals surface area contributed by atoms with Gasteiger partial charge < -0.3 is 16.4 Å². The van der Waals surface area contributed by atoms with Crippen LogP contribution in [0.2, 0.25) is 0 Å². The van der Waals surface area contributed by atoms with Gasteiger partial charge in [0.25, 0.3) is 0 Å². The van der Waals surface area contributed by atoms with Crippen LogP contribution in [0.5, 0.6) is 0 Å². The van der Waals surface area contributed by atoms with Crippen molar-refractivity contribution in [3.63, 3.8) is 0 Å². The van der Waals surface area contributed by atoms with Crippen molar-refractivity contribution in [1.82, 2.24) is 10.6 Å². The van der Waals surface area contributed by atoms with Crippen molar-refractivity contribution in [3.05, 3.63) is 0 Å². The zero-order chi connectivity index (χ0) is 14.6. The minimum Gasteiger partial charge on any atom is -0.359 e. The van der Waals surface area contributed by atoms with Crippen LogP contribution in [0.1, 0.15) is 41.0 Å². The van der Waals surface area contributed by atoms with Crippen molar-refractivity contribution in [2.75, 3.05) is 13.6 Å². The predicted octanol–water partition coefficient (Wildman–Crippen LogP) is 0.638. The number of carbonyl (C=O) groups is 2. The molecule has 0 aromatic heterocycles. The summed E-state index contributed by atoms with van der Waals surface area (Å²) in [6.07, 6.45) is 0.271. The molecule has 1 atom stereocenters. The number of rotatable bonds is 5. The second-order valence-electron chi connectivity index (χ2n) is 6.42. The highest BCUT2D eigenvalue weighted by atomic mass is 16.2. The largest absolute Gasteiger partial charge is 0.359 e. The van der Waals surface area contributed by atoms with E-state index in [0.29, 0.717) is 6.54 Å². The van der Waals surface area contributed by atoms with Gasteiger partial charge in [-0.25, -0.2) is 0 Å². The highest BCUT2D eigenvalue weighted by molar-refractivity contribution is 5.83. The van der Waals surface area contributed by atoms with Gasteiger partial charge in [-0.3, -0.25) is 9.59 Å². The van der Waals surface area contributed by atoms with Crippen LogP contribution in [-0.2, 0) is 9.59 Å². The Morgan fingerprint density at radius 1 is 1.17 bits per heavy atom. The van der Waals surface area contributed by atoms with Crippen molar-refractivity contribution in [2.24, 2.45) is 16.6 Å². The van der Waals surface area contributed by atoms with Crippen LogP contribution in [0.4, 0.5) is 0 Å². The Labute approximate surface area is 110 Å². The summed E-state index contributed by atoms with van der Waals surface area (Å²) in [4.78, 5) is 23.3. The molecular formula is C13H27N3O2. The summed E-state index contributed by atoms with van der Waals surface area (Å²) in [5, 5.41) is 5.34. The van der Waals surface area contributed by atoms with E-state index in [9.17, 15) is 9.59 Å². The lowest BCUT2D eigenvalue weighted by Gasteiger charge is -2.27. The van der Waals surface area contributed by atoms with Crippen LogP contribution in [0, 0.1) is 10.8 Å². The molecule has 0 radical (unpaired) electrons. The topological polar surface area (TPSA) is 84.2 Å². The first-order valence-electron chi connectivity index (χ1n) is 6.25. The second kappa shape index (κ2) is 6.18. The van der Waals surface area contributed by atoms with Crippen molar-refractivity contribution < 1.29 is 9.59 Å². The quantitative estimate of drug-likeness (QED) is 0.675. The fourth-order valence-corrected chi connectivity index (χ4v) is 1.32. The lowest BCUT2D eigenvalue weighted by atomic mass is 9.85. The number of carbonyl (C=O) groups excluding carboxylic acids is 2. The summed E-state index contributed by atoms with van der Waals surface area (Å²) in [6, 6.07) is -0.194. The molecule has 0 aromatic rings. The fourth-order valence-electron chi connectivity index (χ4n) is 1.32. The van der Waals surface area contributed by atoms with E-state index in [1.807, 2.05) is 20.8 Å². The highest BCUT2D eigenvalue weighted by Crippen LogP contribution is 2.20. The molecule has 5 nitrogen and oxygen atoms in total. The van der Waals surface area contributed by atoms with Crippen molar-refractivity contribution >= 4 is 11.8 Å². The van der Waals surface area contributed by atoms with E-state index in [1.165, 1.54) is 0 Å². The molecule has 0 saturated carbocycles. The molecule has 1 unspecified atom stereocenters. The zero-order valence-corrected chi connectivity index (χ0v) is 12.4. The van der Waals surface area contributed by atoms with Gasteiger partial charge in [0, 0.05) is 26.1 Å². The maximum absolute atomic E-state index is 11.7. The van der Waals surface area contributed by atoms with E-state index in [-0.39, 0.29) is 29.7 Å². The molecule has 0 rings (SSSR count). The number of nitrogens with one attached hydrogen (secondary N) is 2. The Kier molecular flexibility index (Phi) is 5.80. The first-order chi connectivity index (χ1) is 8.00. The van der Waals surface area contributed by atoms with Gasteiger partial charge >= 0.3 is 0 Å². The number of amides is 2. The zero-order valence-electron chi connectivity index (χ0n) is 12.4. The molecule has 0 fully saturated rings. The Morgan fingerprint density at radius 2 is 1.67 bits per heavy atom. The lowest BCUT2D eigenvalue weighted by Crippen LogP contribution is -2.46. The third-order valence-electron chi connectivity index (χ3n) is 3.09. The summed E-state index contributed by atoms with van der Waals surface area (Å²) in [5.74, 6) is -0.211. The average molecular weight is 257 g/mol. The smallest absolute Gasteiger partial charge is 0.227 e. The Bertz CT molecular complexity index is 306. The molecule has 0 bridgehead atoms. The maximum atomic E-state index is 11.7. The molecule has 0 aliphatic carbocycles. The predicted molar refractivity (Wildman–Crippen MR) is 72.9 cm³/mol. The van der Waals surface area contributed by atoms with Crippen molar-refractivity contribution in [2.45, 2.75) is 47.1 Å². The maximum Gasteiger partial charge on any atom is 0.227 e. The van der Waals surface area contributed by atoms with Gasteiger partial charge in [-0.15, -0.1) is 0 Å². The molecular weight excluding hydrogens is 230 g/mol. The summed E-state index contributed by atoms with van der Waals surface area (Å²) in [7, 11) is 1.58. The van der Waals surface area contributed by atoms with Crippen molar-refractivity contribution in [3.8, 4) is 0 Å². The third-order valence-corrected chi connectivity index (χ3v) is 3.09. The van der Waals surface area contributed by atoms with Crippen LogP contribution < -0.4 is 16.4 Å². The third kappa shape index (κ3) is 5.49. The van der Waals surface area contributed by atoms with E-state index in [4.69, 9.17) is 5.73 Å². The molecule has 18 heavy (non-hydrogen) atoms. The summed E-state index contributed by atoms with van der Waals surface area (Å²) in [5.41, 5.74) is 5.22. The second-order valence-corrected chi connectivity index (χ2v) is 6.42. The normalized spacial score (nSPS) is 13.9. The van der Waals surface area contributed by atoms with E-state index in [0.717, 1.165) is 0 Å². The Balaban J connectivity index is 4.24. The van der Waals surface area contributed by atoms with Gasteiger partial charge in [-0.2, -0.15) is 0 Å². The van der Waals surface area contributed by atoms with Crippen LogP contribution in [0.15, 0.2) is 0 Å². The Hall–Kier alpha value is -1.10. The van der Waals surface area contributed by atoms with Gasteiger partial charge in [-0.1, -0.05) is 20.8 Å². The summed E-state index contributed by atoms with van der Waals surface area (Å²) in [6.45, 7) is 9.88. The van der Waals surface area contributed by atoms with E-state index in [1.54, 1.807) is 20.9 Å². The van der Waals surface area contributed by atoms with Gasteiger partial charge in [-0.05, 0) is 19.3 Å². The molecule has 0 aliphatic heterocycles. The molecule has 0 aliphatic rings. The van der Waals surface area contributed by atoms with Gasteiger partial charge in [0.15, 0.2) is 0 Å². The number of hydrogen-bond acceptors (Lipinski definition) is 3. The van der Waals surface area contributed by atoms with E-state index < -0.39 is 5.41 Å².